The molecule has 27 heavy (non-hydrogen) atoms. The van der Waals surface area contributed by atoms with Gasteiger partial charge in [0, 0.05) is 17.1 Å². The van der Waals surface area contributed by atoms with Crippen molar-refractivity contribution in [1.29, 1.82) is 0 Å². The van der Waals surface area contributed by atoms with E-state index in [1.165, 1.54) is 0 Å². The third-order valence-corrected chi connectivity index (χ3v) is 4.08. The number of nitrogens with two attached hydrogens (primary N) is 1. The van der Waals surface area contributed by atoms with E-state index in [1.807, 2.05) is 50.2 Å². The molecule has 0 radical (unpaired) electrons. The first kappa shape index (κ1) is 18.5. The molecule has 3 heterocycles. The minimum Gasteiger partial charge on any atom is -0.368 e. The number of halogens is 1. The van der Waals surface area contributed by atoms with Crippen LogP contribution in [-0.4, -0.2) is 30.1 Å². The Balaban J connectivity index is 0.00000210. The van der Waals surface area contributed by atoms with Gasteiger partial charge >= 0.3 is 0 Å². The van der Waals surface area contributed by atoms with Crippen molar-refractivity contribution >= 4 is 35.2 Å². The number of pyridine rings is 1. The van der Waals surface area contributed by atoms with Crippen molar-refractivity contribution in [2.75, 3.05) is 11.1 Å². The van der Waals surface area contributed by atoms with Crippen LogP contribution in [0.25, 0.3) is 22.3 Å². The zero-order valence-corrected chi connectivity index (χ0v) is 15.7. The van der Waals surface area contributed by atoms with Gasteiger partial charge in [0.25, 0.3) is 0 Å². The number of fused-ring (bicyclic) bond motifs is 1. The van der Waals surface area contributed by atoms with Gasteiger partial charge in [-0.05, 0) is 32.0 Å². The average molecular weight is 383 g/mol. The molecule has 0 spiro atoms. The van der Waals surface area contributed by atoms with Crippen molar-refractivity contribution in [2.45, 2.75) is 19.4 Å². The number of rotatable bonds is 4. The first-order chi connectivity index (χ1) is 12.5. The summed E-state index contributed by atoms with van der Waals surface area (Å²) in [5, 5.41) is 11.3. The zero-order valence-electron chi connectivity index (χ0n) is 14.8. The topological polar surface area (TPSA) is 118 Å². The monoisotopic (exact) mass is 382 g/mol. The summed E-state index contributed by atoms with van der Waals surface area (Å²) in [6.45, 7) is 4.01. The highest BCUT2D eigenvalue weighted by Gasteiger charge is 2.23. The highest BCUT2D eigenvalue weighted by molar-refractivity contribution is 5.85. The molecule has 0 aliphatic rings. The molecule has 1 aromatic carbocycles. The normalized spacial score (nSPS) is 11.2. The molecular formula is C18H19ClN8. The van der Waals surface area contributed by atoms with E-state index in [-0.39, 0.29) is 18.4 Å². The SMILES string of the molecule is CC(C)(Nc1nc(N)nc(-c2ccc3cn[nH]c3c2)n1)c1ccccn1.Cl. The molecule has 4 aromatic rings. The Bertz CT molecular complexity index is 1060. The molecule has 0 aliphatic heterocycles. The van der Waals surface area contributed by atoms with Gasteiger partial charge in [-0.15, -0.1) is 12.4 Å². The predicted octanol–water partition coefficient (Wildman–Crippen LogP) is 3.16. The van der Waals surface area contributed by atoms with Crippen LogP contribution in [0.1, 0.15) is 19.5 Å². The second-order valence-electron chi connectivity index (χ2n) is 6.48. The fourth-order valence-electron chi connectivity index (χ4n) is 2.73. The summed E-state index contributed by atoms with van der Waals surface area (Å²) < 4.78 is 0. The number of hydrogen-bond acceptors (Lipinski definition) is 7. The van der Waals surface area contributed by atoms with E-state index in [4.69, 9.17) is 5.73 Å². The summed E-state index contributed by atoms with van der Waals surface area (Å²) in [7, 11) is 0. The molecule has 3 aromatic heterocycles. The fourth-order valence-corrected chi connectivity index (χ4v) is 2.73. The zero-order chi connectivity index (χ0) is 18.1. The lowest BCUT2D eigenvalue weighted by atomic mass is 10.0. The van der Waals surface area contributed by atoms with E-state index >= 15 is 0 Å². The number of nitrogens with one attached hydrogen (secondary N) is 2. The van der Waals surface area contributed by atoms with Crippen LogP contribution < -0.4 is 11.1 Å². The Morgan fingerprint density at radius 2 is 1.93 bits per heavy atom. The predicted molar refractivity (Wildman–Crippen MR) is 107 cm³/mol. The lowest BCUT2D eigenvalue weighted by molar-refractivity contribution is 0.580. The smallest absolute Gasteiger partial charge is 0.228 e. The van der Waals surface area contributed by atoms with E-state index in [2.05, 4.69) is 35.5 Å². The second-order valence-corrected chi connectivity index (χ2v) is 6.48. The van der Waals surface area contributed by atoms with Crippen molar-refractivity contribution < 1.29 is 0 Å². The summed E-state index contributed by atoms with van der Waals surface area (Å²) in [5.41, 5.74) is 8.05. The Morgan fingerprint density at radius 1 is 1.07 bits per heavy atom. The van der Waals surface area contributed by atoms with Gasteiger partial charge in [-0.2, -0.15) is 20.1 Å². The van der Waals surface area contributed by atoms with E-state index in [0.717, 1.165) is 22.2 Å². The maximum Gasteiger partial charge on any atom is 0.228 e. The molecule has 0 bridgehead atoms. The molecule has 0 saturated heterocycles. The number of hydrogen-bond donors (Lipinski definition) is 3. The molecule has 138 valence electrons. The summed E-state index contributed by atoms with van der Waals surface area (Å²) in [6, 6.07) is 11.6. The highest BCUT2D eigenvalue weighted by Crippen LogP contribution is 2.25. The van der Waals surface area contributed by atoms with Gasteiger partial charge in [0.05, 0.1) is 22.9 Å². The number of aromatic nitrogens is 6. The van der Waals surface area contributed by atoms with Crippen molar-refractivity contribution in [1.82, 2.24) is 30.1 Å². The molecule has 9 heteroatoms. The quantitative estimate of drug-likeness (QED) is 0.496. The van der Waals surface area contributed by atoms with Crippen LogP contribution in [0.2, 0.25) is 0 Å². The Labute approximate surface area is 162 Å². The molecule has 4 N–H and O–H groups in total. The lowest BCUT2D eigenvalue weighted by Crippen LogP contribution is -2.30. The van der Waals surface area contributed by atoms with Gasteiger partial charge in [0.2, 0.25) is 11.9 Å². The van der Waals surface area contributed by atoms with Crippen molar-refractivity contribution in [2.24, 2.45) is 0 Å². The van der Waals surface area contributed by atoms with Crippen molar-refractivity contribution in [3.05, 3.63) is 54.5 Å². The van der Waals surface area contributed by atoms with Gasteiger partial charge < -0.3 is 11.1 Å². The molecule has 0 aliphatic carbocycles. The fraction of sp³-hybridized carbons (Fsp3) is 0.167. The first-order valence-electron chi connectivity index (χ1n) is 8.16. The summed E-state index contributed by atoms with van der Waals surface area (Å²) in [5.74, 6) is 1.04. The summed E-state index contributed by atoms with van der Waals surface area (Å²) in [4.78, 5) is 17.4. The lowest BCUT2D eigenvalue weighted by Gasteiger charge is -2.25. The van der Waals surface area contributed by atoms with Gasteiger partial charge in [0.15, 0.2) is 5.82 Å². The van der Waals surface area contributed by atoms with E-state index in [1.54, 1.807) is 12.4 Å². The van der Waals surface area contributed by atoms with Crippen LogP contribution in [0, 0.1) is 0 Å². The molecule has 0 fully saturated rings. The van der Waals surface area contributed by atoms with Crippen LogP contribution in [0.5, 0.6) is 0 Å². The molecule has 0 amide bonds. The van der Waals surface area contributed by atoms with Gasteiger partial charge in [0.1, 0.15) is 0 Å². The Morgan fingerprint density at radius 3 is 2.70 bits per heavy atom. The third-order valence-electron chi connectivity index (χ3n) is 4.08. The second kappa shape index (κ2) is 7.16. The minimum absolute atomic E-state index is 0. The summed E-state index contributed by atoms with van der Waals surface area (Å²) >= 11 is 0. The number of anilines is 2. The maximum atomic E-state index is 5.91. The number of benzene rings is 1. The number of nitrogens with zero attached hydrogens (tertiary/aromatic N) is 5. The molecular weight excluding hydrogens is 364 g/mol. The molecule has 0 atom stereocenters. The van der Waals surface area contributed by atoms with Crippen LogP contribution in [0.15, 0.2) is 48.8 Å². The van der Waals surface area contributed by atoms with E-state index in [0.29, 0.717) is 11.8 Å². The standard InChI is InChI=1S/C18H18N8.ClH/c1-18(2,14-5-3-4-8-20-14)25-17-23-15(22-16(19)24-17)11-6-7-12-10-21-26-13(12)9-11;/h3-10H,1-2H3,(H,21,26)(H3,19,22,23,24,25);1H. The average Bonchev–Trinajstić information content (AvgIpc) is 3.09. The molecule has 4 rings (SSSR count). The van der Waals surface area contributed by atoms with Crippen molar-refractivity contribution in [3.8, 4) is 11.4 Å². The molecule has 0 saturated carbocycles. The molecule has 8 nitrogen and oxygen atoms in total. The number of H-pyrrole nitrogens is 1. The van der Waals surface area contributed by atoms with Crippen LogP contribution in [-0.2, 0) is 5.54 Å². The maximum absolute atomic E-state index is 5.91. The van der Waals surface area contributed by atoms with Crippen LogP contribution in [0.3, 0.4) is 0 Å². The van der Waals surface area contributed by atoms with Crippen LogP contribution in [0.4, 0.5) is 11.9 Å². The Kier molecular flexibility index (Phi) is 4.91. The van der Waals surface area contributed by atoms with E-state index in [9.17, 15) is 0 Å². The summed E-state index contributed by atoms with van der Waals surface area (Å²) in [6.07, 6.45) is 3.52. The first-order valence-corrected chi connectivity index (χ1v) is 8.16. The Hall–Kier alpha value is -3.26. The van der Waals surface area contributed by atoms with Crippen LogP contribution >= 0.6 is 12.4 Å². The number of aromatic amines is 1. The van der Waals surface area contributed by atoms with Gasteiger partial charge in [-0.1, -0.05) is 18.2 Å². The van der Waals surface area contributed by atoms with E-state index < -0.39 is 5.54 Å². The van der Waals surface area contributed by atoms with Gasteiger partial charge in [-0.3, -0.25) is 10.1 Å². The largest absolute Gasteiger partial charge is 0.368 e. The molecule has 0 unspecified atom stereocenters. The van der Waals surface area contributed by atoms with Gasteiger partial charge in [-0.25, -0.2) is 0 Å². The highest BCUT2D eigenvalue weighted by atomic mass is 35.5. The minimum atomic E-state index is -0.473. The number of nitrogen functional groups attached to an aromatic ring is 1. The van der Waals surface area contributed by atoms with Crippen molar-refractivity contribution in [3.63, 3.8) is 0 Å². The third kappa shape index (κ3) is 3.80.